The van der Waals surface area contributed by atoms with E-state index in [1.807, 2.05) is 0 Å². The molecule has 130 valence electrons. The third-order valence-corrected chi connectivity index (χ3v) is 4.34. The number of halogens is 3. The van der Waals surface area contributed by atoms with E-state index in [0.717, 1.165) is 32.0 Å². The van der Waals surface area contributed by atoms with Crippen LogP contribution in [0.4, 0.5) is 18.0 Å². The highest BCUT2D eigenvalue weighted by molar-refractivity contribution is 6.03. The molecule has 1 saturated heterocycles. The minimum Gasteiger partial charge on any atom is -0.442 e. The molecule has 1 amide bonds. The van der Waals surface area contributed by atoms with E-state index in [2.05, 4.69) is 15.8 Å². The van der Waals surface area contributed by atoms with Crippen LogP contribution in [-0.4, -0.2) is 31.5 Å². The molecular weight excluding hydrogens is 323 g/mol. The standard InChI is InChI=1S/C16H18F3N3O2/c17-16(18,19)13-8-12(14-9-24-15(23)22-21-14)2-1-11(13)7-10-3-5-20-6-4-10/h1-2,8,10,20H,3-7,9H2,(H,22,23). The van der Waals surface area contributed by atoms with Gasteiger partial charge in [0.2, 0.25) is 0 Å². The molecule has 0 aliphatic carbocycles. The van der Waals surface area contributed by atoms with Crippen LogP contribution in [0.5, 0.6) is 0 Å². The van der Waals surface area contributed by atoms with Gasteiger partial charge in [-0.1, -0.05) is 12.1 Å². The fourth-order valence-electron chi connectivity index (χ4n) is 3.05. The zero-order valence-electron chi connectivity index (χ0n) is 12.9. The minimum absolute atomic E-state index is 0.142. The number of hydrogen-bond acceptors (Lipinski definition) is 4. The van der Waals surface area contributed by atoms with Gasteiger partial charge in [-0.2, -0.15) is 18.3 Å². The van der Waals surface area contributed by atoms with Crippen molar-refractivity contribution in [1.29, 1.82) is 0 Å². The first-order chi connectivity index (χ1) is 11.4. The van der Waals surface area contributed by atoms with Gasteiger partial charge in [-0.3, -0.25) is 0 Å². The van der Waals surface area contributed by atoms with Crippen LogP contribution in [0.15, 0.2) is 23.3 Å². The number of piperidine rings is 1. The van der Waals surface area contributed by atoms with Crippen LogP contribution >= 0.6 is 0 Å². The summed E-state index contributed by atoms with van der Waals surface area (Å²) in [5.74, 6) is 0.257. The average Bonchev–Trinajstić information content (AvgIpc) is 2.56. The molecule has 5 nitrogen and oxygen atoms in total. The number of alkyl halides is 3. The number of amides is 1. The third kappa shape index (κ3) is 3.87. The van der Waals surface area contributed by atoms with Crippen molar-refractivity contribution in [2.24, 2.45) is 11.0 Å². The van der Waals surface area contributed by atoms with Crippen LogP contribution < -0.4 is 10.7 Å². The maximum Gasteiger partial charge on any atom is 0.428 e. The molecular formula is C16H18F3N3O2. The molecule has 2 aliphatic heterocycles. The van der Waals surface area contributed by atoms with E-state index in [0.29, 0.717) is 17.5 Å². The number of hydrazone groups is 1. The molecule has 1 fully saturated rings. The van der Waals surface area contributed by atoms with Crippen LogP contribution in [-0.2, 0) is 17.3 Å². The van der Waals surface area contributed by atoms with E-state index >= 15 is 0 Å². The quantitative estimate of drug-likeness (QED) is 0.889. The fraction of sp³-hybridized carbons (Fsp3) is 0.500. The van der Waals surface area contributed by atoms with Gasteiger partial charge in [-0.25, -0.2) is 10.2 Å². The highest BCUT2D eigenvalue weighted by Crippen LogP contribution is 2.35. The van der Waals surface area contributed by atoms with E-state index in [-0.39, 0.29) is 18.2 Å². The molecule has 1 aromatic carbocycles. The Balaban J connectivity index is 1.87. The summed E-state index contributed by atoms with van der Waals surface area (Å²) in [6.45, 7) is 1.55. The van der Waals surface area contributed by atoms with Gasteiger partial charge in [0.15, 0.2) is 0 Å². The lowest BCUT2D eigenvalue weighted by Gasteiger charge is -2.24. The predicted octanol–water partition coefficient (Wildman–Crippen LogP) is 2.69. The third-order valence-electron chi connectivity index (χ3n) is 4.34. The number of ether oxygens (including phenoxy) is 1. The van der Waals surface area contributed by atoms with Crippen molar-refractivity contribution >= 4 is 11.8 Å². The zero-order valence-corrected chi connectivity index (χ0v) is 12.9. The smallest absolute Gasteiger partial charge is 0.428 e. The number of nitrogens with zero attached hydrogens (tertiary/aromatic N) is 1. The summed E-state index contributed by atoms with van der Waals surface area (Å²) >= 11 is 0. The summed E-state index contributed by atoms with van der Waals surface area (Å²) in [6, 6.07) is 4.21. The minimum atomic E-state index is -4.43. The SMILES string of the molecule is O=C1NN=C(c2ccc(CC3CCNCC3)c(C(F)(F)F)c2)CO1. The van der Waals surface area contributed by atoms with E-state index in [1.165, 1.54) is 6.07 Å². The lowest BCUT2D eigenvalue weighted by atomic mass is 9.88. The van der Waals surface area contributed by atoms with Crippen molar-refractivity contribution in [2.75, 3.05) is 19.7 Å². The second-order valence-corrected chi connectivity index (χ2v) is 6.01. The first kappa shape index (κ1) is 16.8. The van der Waals surface area contributed by atoms with E-state index in [9.17, 15) is 18.0 Å². The van der Waals surface area contributed by atoms with E-state index < -0.39 is 17.8 Å². The van der Waals surface area contributed by atoms with Crippen LogP contribution in [0.2, 0.25) is 0 Å². The van der Waals surface area contributed by atoms with Crippen LogP contribution in [0.3, 0.4) is 0 Å². The highest BCUT2D eigenvalue weighted by Gasteiger charge is 2.34. The number of hydrogen-bond donors (Lipinski definition) is 2. The Morgan fingerprint density at radius 2 is 2.00 bits per heavy atom. The van der Waals surface area contributed by atoms with Crippen LogP contribution in [0.1, 0.15) is 29.5 Å². The Labute approximate surface area is 137 Å². The van der Waals surface area contributed by atoms with Gasteiger partial charge in [-0.15, -0.1) is 0 Å². The van der Waals surface area contributed by atoms with Crippen molar-refractivity contribution in [3.63, 3.8) is 0 Å². The second-order valence-electron chi connectivity index (χ2n) is 6.01. The topological polar surface area (TPSA) is 62.7 Å². The van der Waals surface area contributed by atoms with Gasteiger partial charge < -0.3 is 10.1 Å². The molecule has 2 aliphatic rings. The van der Waals surface area contributed by atoms with Crippen molar-refractivity contribution in [1.82, 2.24) is 10.7 Å². The van der Waals surface area contributed by atoms with Gasteiger partial charge in [0.25, 0.3) is 0 Å². The van der Waals surface area contributed by atoms with Gasteiger partial charge >= 0.3 is 12.3 Å². The Morgan fingerprint density at radius 3 is 2.62 bits per heavy atom. The number of carbonyl (C=O) groups excluding carboxylic acids is 1. The molecule has 0 bridgehead atoms. The molecule has 0 saturated carbocycles. The summed E-state index contributed by atoms with van der Waals surface area (Å²) in [5, 5.41) is 6.98. The van der Waals surface area contributed by atoms with Gasteiger partial charge in [-0.05, 0) is 49.9 Å². The first-order valence-electron chi connectivity index (χ1n) is 7.84. The molecule has 2 heterocycles. The van der Waals surface area contributed by atoms with Crippen LogP contribution in [0, 0.1) is 5.92 Å². The lowest BCUT2D eigenvalue weighted by Crippen LogP contribution is -2.31. The van der Waals surface area contributed by atoms with Crippen molar-refractivity contribution in [3.05, 3.63) is 34.9 Å². The Morgan fingerprint density at radius 1 is 1.25 bits per heavy atom. The molecule has 0 aromatic heterocycles. The molecule has 8 heteroatoms. The van der Waals surface area contributed by atoms with Crippen molar-refractivity contribution < 1.29 is 22.7 Å². The molecule has 0 radical (unpaired) electrons. The average molecular weight is 341 g/mol. The second kappa shape index (κ2) is 6.80. The number of cyclic esters (lactones) is 1. The summed E-state index contributed by atoms with van der Waals surface area (Å²) in [7, 11) is 0. The monoisotopic (exact) mass is 341 g/mol. The Bertz CT molecular complexity index is 652. The van der Waals surface area contributed by atoms with Gasteiger partial charge in [0.1, 0.15) is 12.3 Å². The molecule has 1 aromatic rings. The summed E-state index contributed by atoms with van der Waals surface area (Å²) < 4.78 is 45.1. The largest absolute Gasteiger partial charge is 0.442 e. The molecule has 0 unspecified atom stereocenters. The van der Waals surface area contributed by atoms with Crippen LogP contribution in [0.25, 0.3) is 0 Å². The molecule has 0 atom stereocenters. The number of rotatable bonds is 3. The van der Waals surface area contributed by atoms with E-state index in [4.69, 9.17) is 4.74 Å². The van der Waals surface area contributed by atoms with Gasteiger partial charge in [0, 0.05) is 5.56 Å². The lowest BCUT2D eigenvalue weighted by molar-refractivity contribution is -0.138. The summed E-state index contributed by atoms with van der Waals surface area (Å²) in [6.07, 6.45) is -2.97. The summed E-state index contributed by atoms with van der Waals surface area (Å²) in [5.41, 5.74) is 2.35. The van der Waals surface area contributed by atoms with Gasteiger partial charge in [0.05, 0.1) is 5.56 Å². The molecule has 2 N–H and O–H groups in total. The highest BCUT2D eigenvalue weighted by atomic mass is 19.4. The maximum atomic E-state index is 13.5. The summed E-state index contributed by atoms with van der Waals surface area (Å²) in [4.78, 5) is 10.9. The Hall–Kier alpha value is -2.09. The van der Waals surface area contributed by atoms with Crippen molar-refractivity contribution in [2.45, 2.75) is 25.4 Å². The van der Waals surface area contributed by atoms with Crippen molar-refractivity contribution in [3.8, 4) is 0 Å². The normalized spacial score (nSPS) is 19.5. The molecule has 3 rings (SSSR count). The maximum absolute atomic E-state index is 13.5. The first-order valence-corrected chi connectivity index (χ1v) is 7.84. The predicted molar refractivity (Wildman–Crippen MR) is 81.8 cm³/mol. The number of nitrogens with one attached hydrogen (secondary N) is 2. The Kier molecular flexibility index (Phi) is 4.75. The molecule has 24 heavy (non-hydrogen) atoms. The molecule has 0 spiro atoms. The van der Waals surface area contributed by atoms with E-state index in [1.54, 1.807) is 6.07 Å². The zero-order chi connectivity index (χ0) is 17.2. The number of carbonyl (C=O) groups is 1. The number of benzene rings is 1. The fourth-order valence-corrected chi connectivity index (χ4v) is 3.05.